The first-order valence-corrected chi connectivity index (χ1v) is 10.7. The summed E-state index contributed by atoms with van der Waals surface area (Å²) in [6, 6.07) is 22.0. The third-order valence-electron chi connectivity index (χ3n) is 5.38. The van der Waals surface area contributed by atoms with Gasteiger partial charge in [0.25, 0.3) is 0 Å². The lowest BCUT2D eigenvalue weighted by Crippen LogP contribution is -2.21. The van der Waals surface area contributed by atoms with Crippen molar-refractivity contribution in [1.82, 2.24) is 0 Å². The van der Waals surface area contributed by atoms with Crippen LogP contribution < -0.4 is 19.9 Å². The number of hydrogen-bond acceptors (Lipinski definition) is 6. The molecule has 4 rings (SSSR count). The zero-order valence-corrected chi connectivity index (χ0v) is 18.5. The molecule has 0 bridgehead atoms. The summed E-state index contributed by atoms with van der Waals surface area (Å²) in [5.41, 5.74) is 9.49. The van der Waals surface area contributed by atoms with Crippen LogP contribution in [0.1, 0.15) is 46.3 Å². The molecular formula is C27H24N2O4. The van der Waals surface area contributed by atoms with Gasteiger partial charge in [-0.3, -0.25) is 0 Å². The predicted molar refractivity (Wildman–Crippen MR) is 124 cm³/mol. The zero-order chi connectivity index (χ0) is 23.4. The molecule has 0 spiro atoms. The number of ether oxygens (including phenoxy) is 3. The number of hydrogen-bond donors (Lipinski definition) is 1. The molecule has 3 aromatic rings. The van der Waals surface area contributed by atoms with Crippen molar-refractivity contribution in [2.45, 2.75) is 26.2 Å². The second kappa shape index (κ2) is 9.49. The molecule has 6 heteroatoms. The van der Waals surface area contributed by atoms with Crippen LogP contribution in [0.3, 0.4) is 0 Å². The number of carbonyl (C=O) groups is 1. The Labute approximate surface area is 192 Å². The lowest BCUT2D eigenvalue weighted by Gasteiger charge is -2.28. The summed E-state index contributed by atoms with van der Waals surface area (Å²) in [6.07, 6.45) is 0.859. The summed E-state index contributed by atoms with van der Waals surface area (Å²) < 4.78 is 17.2. The third-order valence-corrected chi connectivity index (χ3v) is 5.38. The Hall–Kier alpha value is -4.24. The standard InChI is InChI=1S/C27H24N2O4/c1-3-14-31-23-7-5-4-6-20(23)25-21-13-12-19(15-24(21)33-26(29)22(25)16-28)32-27(30)18-10-8-17(2)9-11-18/h4-13,15,25H,3,14,29H2,1-2H3. The van der Waals surface area contributed by atoms with Crippen molar-refractivity contribution in [3.8, 4) is 23.3 Å². The number of para-hydroxylation sites is 1. The molecule has 0 amide bonds. The zero-order valence-electron chi connectivity index (χ0n) is 18.5. The monoisotopic (exact) mass is 440 g/mol. The van der Waals surface area contributed by atoms with E-state index in [1.807, 2.05) is 50.2 Å². The fourth-order valence-corrected chi connectivity index (χ4v) is 3.74. The smallest absolute Gasteiger partial charge is 0.343 e. The van der Waals surface area contributed by atoms with E-state index in [9.17, 15) is 10.1 Å². The van der Waals surface area contributed by atoms with E-state index in [0.29, 0.717) is 35.0 Å². The number of aryl methyl sites for hydroxylation is 1. The highest BCUT2D eigenvalue weighted by Gasteiger charge is 2.33. The van der Waals surface area contributed by atoms with Crippen molar-refractivity contribution in [2.75, 3.05) is 6.61 Å². The molecule has 166 valence electrons. The molecule has 2 N–H and O–H groups in total. The van der Waals surface area contributed by atoms with E-state index in [-0.39, 0.29) is 5.88 Å². The number of esters is 1. The Balaban J connectivity index is 1.70. The molecule has 1 unspecified atom stereocenters. The fourth-order valence-electron chi connectivity index (χ4n) is 3.74. The average Bonchev–Trinajstić information content (AvgIpc) is 2.82. The summed E-state index contributed by atoms with van der Waals surface area (Å²) in [5.74, 6) is 0.517. The fraction of sp³-hybridized carbons (Fsp3) is 0.185. The molecule has 0 saturated heterocycles. The number of nitriles is 1. The van der Waals surface area contributed by atoms with Crippen LogP contribution in [0.25, 0.3) is 0 Å². The van der Waals surface area contributed by atoms with Crippen LogP contribution in [-0.4, -0.2) is 12.6 Å². The normalized spacial score (nSPS) is 14.6. The Morgan fingerprint density at radius 3 is 2.58 bits per heavy atom. The van der Waals surface area contributed by atoms with Crippen molar-refractivity contribution < 1.29 is 19.0 Å². The number of fused-ring (bicyclic) bond motifs is 1. The Morgan fingerprint density at radius 1 is 1.09 bits per heavy atom. The number of nitrogens with zero attached hydrogens (tertiary/aromatic N) is 1. The predicted octanol–water partition coefficient (Wildman–Crippen LogP) is 5.22. The van der Waals surface area contributed by atoms with Gasteiger partial charge in [0.05, 0.1) is 18.1 Å². The number of allylic oxidation sites excluding steroid dienone is 1. The summed E-state index contributed by atoms with van der Waals surface area (Å²) in [4.78, 5) is 12.5. The third kappa shape index (κ3) is 4.53. The lowest BCUT2D eigenvalue weighted by atomic mass is 9.83. The molecule has 0 radical (unpaired) electrons. The number of rotatable bonds is 6. The number of carbonyl (C=O) groups excluding carboxylic acids is 1. The van der Waals surface area contributed by atoms with E-state index in [1.165, 1.54) is 0 Å². The van der Waals surface area contributed by atoms with Gasteiger partial charge in [-0.25, -0.2) is 4.79 Å². The van der Waals surface area contributed by atoms with E-state index in [0.717, 1.165) is 23.1 Å². The Morgan fingerprint density at radius 2 is 1.85 bits per heavy atom. The molecule has 6 nitrogen and oxygen atoms in total. The highest BCUT2D eigenvalue weighted by molar-refractivity contribution is 5.91. The minimum atomic E-state index is -0.471. The average molecular weight is 440 g/mol. The molecule has 1 heterocycles. The maximum Gasteiger partial charge on any atom is 0.343 e. The maximum absolute atomic E-state index is 12.5. The second-order valence-electron chi connectivity index (χ2n) is 7.77. The van der Waals surface area contributed by atoms with Gasteiger partial charge in [0.1, 0.15) is 28.9 Å². The summed E-state index contributed by atoms with van der Waals surface area (Å²) in [5, 5.41) is 9.83. The van der Waals surface area contributed by atoms with Gasteiger partial charge in [-0.15, -0.1) is 0 Å². The van der Waals surface area contributed by atoms with Gasteiger partial charge in [-0.2, -0.15) is 5.26 Å². The van der Waals surface area contributed by atoms with Crippen LogP contribution in [-0.2, 0) is 0 Å². The van der Waals surface area contributed by atoms with E-state index < -0.39 is 11.9 Å². The van der Waals surface area contributed by atoms with Crippen molar-refractivity contribution in [3.05, 3.63) is 100 Å². The minimum absolute atomic E-state index is 0.0160. The number of nitrogens with two attached hydrogens (primary N) is 1. The molecule has 0 saturated carbocycles. The first kappa shape index (κ1) is 22.0. The maximum atomic E-state index is 12.5. The minimum Gasteiger partial charge on any atom is -0.493 e. The summed E-state index contributed by atoms with van der Waals surface area (Å²) in [7, 11) is 0. The van der Waals surface area contributed by atoms with Crippen molar-refractivity contribution in [3.63, 3.8) is 0 Å². The van der Waals surface area contributed by atoms with E-state index in [4.69, 9.17) is 19.9 Å². The van der Waals surface area contributed by atoms with E-state index >= 15 is 0 Å². The van der Waals surface area contributed by atoms with Gasteiger partial charge >= 0.3 is 5.97 Å². The summed E-state index contributed by atoms with van der Waals surface area (Å²) >= 11 is 0. The Bertz CT molecular complexity index is 1260. The van der Waals surface area contributed by atoms with Gasteiger partial charge < -0.3 is 19.9 Å². The van der Waals surface area contributed by atoms with Crippen molar-refractivity contribution >= 4 is 5.97 Å². The molecule has 0 aromatic heterocycles. The van der Waals surface area contributed by atoms with Gasteiger partial charge in [0.2, 0.25) is 5.88 Å². The number of benzene rings is 3. The van der Waals surface area contributed by atoms with Gasteiger partial charge in [0.15, 0.2) is 0 Å². The molecule has 33 heavy (non-hydrogen) atoms. The first-order chi connectivity index (χ1) is 16.0. The van der Waals surface area contributed by atoms with Gasteiger partial charge in [-0.05, 0) is 37.6 Å². The molecule has 1 aliphatic heterocycles. The first-order valence-electron chi connectivity index (χ1n) is 10.7. The molecule has 3 aromatic carbocycles. The van der Waals surface area contributed by atoms with Crippen LogP contribution in [0.15, 0.2) is 78.2 Å². The van der Waals surface area contributed by atoms with Gasteiger partial charge in [0, 0.05) is 17.2 Å². The summed E-state index contributed by atoms with van der Waals surface area (Å²) in [6.45, 7) is 4.54. The SMILES string of the molecule is CCCOc1ccccc1C1C(C#N)=C(N)Oc2cc(OC(=O)c3ccc(C)cc3)ccc21. The Kier molecular flexibility index (Phi) is 6.32. The highest BCUT2D eigenvalue weighted by Crippen LogP contribution is 2.45. The van der Waals surface area contributed by atoms with Crippen molar-refractivity contribution in [2.24, 2.45) is 5.73 Å². The van der Waals surface area contributed by atoms with Crippen LogP contribution >= 0.6 is 0 Å². The molecule has 0 aliphatic carbocycles. The van der Waals surface area contributed by atoms with Crippen LogP contribution in [0.5, 0.6) is 17.2 Å². The topological polar surface area (TPSA) is 94.6 Å². The molecule has 1 aliphatic rings. The largest absolute Gasteiger partial charge is 0.493 e. The van der Waals surface area contributed by atoms with Crippen molar-refractivity contribution in [1.29, 1.82) is 5.26 Å². The molecule has 0 fully saturated rings. The molecular weight excluding hydrogens is 416 g/mol. The molecule has 1 atom stereocenters. The highest BCUT2D eigenvalue weighted by atomic mass is 16.5. The van der Waals surface area contributed by atoms with Crippen LogP contribution in [0.2, 0.25) is 0 Å². The second-order valence-corrected chi connectivity index (χ2v) is 7.77. The lowest BCUT2D eigenvalue weighted by molar-refractivity contribution is 0.0734. The van der Waals surface area contributed by atoms with Crippen LogP contribution in [0, 0.1) is 18.3 Å². The quantitative estimate of drug-likeness (QED) is 0.417. The van der Waals surface area contributed by atoms with E-state index in [2.05, 4.69) is 6.07 Å². The van der Waals surface area contributed by atoms with E-state index in [1.54, 1.807) is 30.3 Å². The van der Waals surface area contributed by atoms with Crippen LogP contribution in [0.4, 0.5) is 0 Å². The van der Waals surface area contributed by atoms with Gasteiger partial charge in [-0.1, -0.05) is 48.9 Å².